The van der Waals surface area contributed by atoms with E-state index in [1.807, 2.05) is 0 Å². The number of nitrogens with two attached hydrogens (primary N) is 1. The summed E-state index contributed by atoms with van der Waals surface area (Å²) in [5, 5.41) is 0. The van der Waals surface area contributed by atoms with Gasteiger partial charge in [0.25, 0.3) is 0 Å². The fraction of sp³-hybridized carbons (Fsp3) is 0.600. The second-order valence-electron chi connectivity index (χ2n) is 5.56. The Labute approximate surface area is 111 Å². The maximum Gasteiger partial charge on any atom is 0.0366 e. The van der Waals surface area contributed by atoms with Crippen LogP contribution in [0.2, 0.25) is 0 Å². The highest BCUT2D eigenvalue weighted by Gasteiger charge is 2.19. The molecule has 1 fully saturated rings. The van der Waals surface area contributed by atoms with Crippen molar-refractivity contribution in [2.75, 3.05) is 38.6 Å². The van der Waals surface area contributed by atoms with Gasteiger partial charge in [-0.05, 0) is 50.6 Å². The van der Waals surface area contributed by atoms with E-state index < -0.39 is 0 Å². The predicted molar refractivity (Wildman–Crippen MR) is 77.8 cm³/mol. The molecule has 3 nitrogen and oxygen atoms in total. The number of piperidine rings is 1. The summed E-state index contributed by atoms with van der Waals surface area (Å²) in [5.41, 5.74) is 8.18. The Balaban J connectivity index is 1.88. The lowest BCUT2D eigenvalue weighted by Gasteiger charge is -2.34. The minimum Gasteiger partial charge on any atom is -0.372 e. The van der Waals surface area contributed by atoms with Crippen LogP contribution in [0.25, 0.3) is 0 Å². The molecule has 1 saturated heterocycles. The molecule has 0 aromatic heterocycles. The van der Waals surface area contributed by atoms with Crippen LogP contribution >= 0.6 is 0 Å². The summed E-state index contributed by atoms with van der Waals surface area (Å²) in [6, 6.07) is 8.69. The van der Waals surface area contributed by atoms with Gasteiger partial charge in [0.15, 0.2) is 0 Å². The van der Waals surface area contributed by atoms with Gasteiger partial charge in [-0.2, -0.15) is 0 Å². The second kappa shape index (κ2) is 6.21. The van der Waals surface area contributed by atoms with E-state index >= 15 is 0 Å². The number of benzene rings is 1. The Kier molecular flexibility index (Phi) is 4.61. The summed E-state index contributed by atoms with van der Waals surface area (Å²) < 4.78 is 0. The average Bonchev–Trinajstić information content (AvgIpc) is 2.39. The van der Waals surface area contributed by atoms with Gasteiger partial charge in [0.2, 0.25) is 0 Å². The molecule has 100 valence electrons. The monoisotopic (exact) mass is 247 g/mol. The third-order valence-corrected chi connectivity index (χ3v) is 3.78. The molecule has 0 aliphatic carbocycles. The van der Waals surface area contributed by atoms with Crippen molar-refractivity contribution >= 4 is 5.69 Å². The van der Waals surface area contributed by atoms with E-state index in [4.69, 9.17) is 5.73 Å². The predicted octanol–water partition coefficient (Wildman–Crippen LogP) is 1.92. The smallest absolute Gasteiger partial charge is 0.0366 e. The lowest BCUT2D eigenvalue weighted by Crippen LogP contribution is -2.37. The summed E-state index contributed by atoms with van der Waals surface area (Å²) in [5.74, 6) is 0.861. The molecule has 1 heterocycles. The van der Waals surface area contributed by atoms with Crippen molar-refractivity contribution < 1.29 is 0 Å². The Hall–Kier alpha value is -1.06. The first-order valence-electron chi connectivity index (χ1n) is 6.87. The van der Waals surface area contributed by atoms with Gasteiger partial charge in [-0.25, -0.2) is 0 Å². The molecule has 1 aromatic carbocycles. The topological polar surface area (TPSA) is 32.5 Å². The summed E-state index contributed by atoms with van der Waals surface area (Å²) in [6.45, 7) is 4.21. The lowest BCUT2D eigenvalue weighted by molar-refractivity contribution is 0.285. The summed E-state index contributed by atoms with van der Waals surface area (Å²) in [4.78, 5) is 4.79. The van der Waals surface area contributed by atoms with Crippen molar-refractivity contribution in [3.05, 3.63) is 29.8 Å². The minimum atomic E-state index is 0.630. The molecule has 0 atom stereocenters. The Morgan fingerprint density at radius 3 is 2.28 bits per heavy atom. The molecular weight excluding hydrogens is 222 g/mol. The van der Waals surface area contributed by atoms with Crippen molar-refractivity contribution in [2.24, 2.45) is 11.7 Å². The zero-order chi connectivity index (χ0) is 13.0. The zero-order valence-electron chi connectivity index (χ0n) is 11.6. The van der Waals surface area contributed by atoms with Gasteiger partial charge in [0.1, 0.15) is 0 Å². The molecule has 0 bridgehead atoms. The highest BCUT2D eigenvalue weighted by atomic mass is 15.1. The first-order chi connectivity index (χ1) is 8.69. The molecule has 1 aromatic rings. The van der Waals surface area contributed by atoms with Gasteiger partial charge in [0, 0.05) is 31.9 Å². The first kappa shape index (κ1) is 13.4. The highest BCUT2D eigenvalue weighted by molar-refractivity contribution is 5.47. The number of anilines is 1. The van der Waals surface area contributed by atoms with Gasteiger partial charge in [-0.1, -0.05) is 12.1 Å². The number of nitrogens with zero attached hydrogens (tertiary/aromatic N) is 2. The molecule has 0 unspecified atom stereocenters. The molecule has 0 saturated carbocycles. The van der Waals surface area contributed by atoms with Crippen molar-refractivity contribution in [3.63, 3.8) is 0 Å². The molecule has 0 spiro atoms. The number of hydrogen-bond acceptors (Lipinski definition) is 3. The average molecular weight is 247 g/mol. The van der Waals surface area contributed by atoms with Crippen LogP contribution < -0.4 is 10.6 Å². The van der Waals surface area contributed by atoms with E-state index in [1.54, 1.807) is 0 Å². The van der Waals surface area contributed by atoms with E-state index in [0.29, 0.717) is 6.54 Å². The molecular formula is C15H25N3. The Morgan fingerprint density at radius 2 is 1.78 bits per heavy atom. The van der Waals surface area contributed by atoms with Gasteiger partial charge < -0.3 is 15.5 Å². The van der Waals surface area contributed by atoms with Crippen molar-refractivity contribution in [3.8, 4) is 0 Å². The van der Waals surface area contributed by atoms with E-state index in [2.05, 4.69) is 48.2 Å². The van der Waals surface area contributed by atoms with Crippen LogP contribution in [0.1, 0.15) is 18.4 Å². The molecule has 1 aliphatic rings. The van der Waals surface area contributed by atoms with Crippen LogP contribution in [0.4, 0.5) is 5.69 Å². The fourth-order valence-electron chi connectivity index (χ4n) is 2.73. The van der Waals surface area contributed by atoms with Crippen molar-refractivity contribution in [1.29, 1.82) is 0 Å². The summed E-state index contributed by atoms with van der Waals surface area (Å²) in [6.07, 6.45) is 2.60. The third-order valence-electron chi connectivity index (χ3n) is 3.78. The second-order valence-corrected chi connectivity index (χ2v) is 5.56. The van der Waals surface area contributed by atoms with E-state index in [-0.39, 0.29) is 0 Å². The molecule has 2 N–H and O–H groups in total. The van der Waals surface area contributed by atoms with Crippen LogP contribution in [0.5, 0.6) is 0 Å². The SMILES string of the molecule is CN(C)CC1CCN(c2ccc(CN)cc2)CC1. The molecule has 0 amide bonds. The molecule has 1 aliphatic heterocycles. The van der Waals surface area contributed by atoms with Crippen molar-refractivity contribution in [2.45, 2.75) is 19.4 Å². The van der Waals surface area contributed by atoms with Gasteiger partial charge in [-0.3, -0.25) is 0 Å². The quantitative estimate of drug-likeness (QED) is 0.882. The fourth-order valence-corrected chi connectivity index (χ4v) is 2.73. The van der Waals surface area contributed by atoms with E-state index in [9.17, 15) is 0 Å². The largest absolute Gasteiger partial charge is 0.372 e. The summed E-state index contributed by atoms with van der Waals surface area (Å²) in [7, 11) is 4.33. The maximum absolute atomic E-state index is 5.62. The van der Waals surface area contributed by atoms with Crippen molar-refractivity contribution in [1.82, 2.24) is 4.90 Å². The normalized spacial score (nSPS) is 17.4. The van der Waals surface area contributed by atoms with Gasteiger partial charge >= 0.3 is 0 Å². The number of rotatable bonds is 4. The van der Waals surface area contributed by atoms with Gasteiger partial charge in [-0.15, -0.1) is 0 Å². The Morgan fingerprint density at radius 1 is 1.17 bits per heavy atom. The molecule has 18 heavy (non-hydrogen) atoms. The van der Waals surface area contributed by atoms with E-state index in [0.717, 1.165) is 5.92 Å². The van der Waals surface area contributed by atoms with E-state index in [1.165, 1.54) is 43.7 Å². The van der Waals surface area contributed by atoms with Gasteiger partial charge in [0.05, 0.1) is 0 Å². The van der Waals surface area contributed by atoms with Crippen LogP contribution in [-0.2, 0) is 6.54 Å². The van der Waals surface area contributed by atoms with Crippen LogP contribution in [0, 0.1) is 5.92 Å². The molecule has 3 heteroatoms. The minimum absolute atomic E-state index is 0.630. The standard InChI is InChI=1S/C15H25N3/c1-17(2)12-14-7-9-18(10-8-14)15-5-3-13(11-16)4-6-15/h3-6,14H,7-12,16H2,1-2H3. The van der Waals surface area contributed by atoms with Crippen LogP contribution in [0.3, 0.4) is 0 Å². The van der Waals surface area contributed by atoms with Crippen LogP contribution in [-0.4, -0.2) is 38.6 Å². The van der Waals surface area contributed by atoms with Crippen LogP contribution in [0.15, 0.2) is 24.3 Å². The summed E-state index contributed by atoms with van der Waals surface area (Å²) >= 11 is 0. The molecule has 0 radical (unpaired) electrons. The first-order valence-corrected chi connectivity index (χ1v) is 6.87. The zero-order valence-corrected chi connectivity index (χ0v) is 11.6. The maximum atomic E-state index is 5.62. The number of hydrogen-bond donors (Lipinski definition) is 1. The Bertz CT molecular complexity index is 351. The highest BCUT2D eigenvalue weighted by Crippen LogP contribution is 2.23. The lowest BCUT2D eigenvalue weighted by atomic mass is 9.96. The molecule has 2 rings (SSSR count). The third kappa shape index (κ3) is 3.47.